The summed E-state index contributed by atoms with van der Waals surface area (Å²) in [6.07, 6.45) is 0.211. The molecule has 2 aromatic rings. The van der Waals surface area contributed by atoms with Gasteiger partial charge in [-0.3, -0.25) is 4.79 Å². The van der Waals surface area contributed by atoms with Crippen molar-refractivity contribution in [1.82, 2.24) is 5.16 Å². The van der Waals surface area contributed by atoms with Gasteiger partial charge in [-0.2, -0.15) is 0 Å². The first-order chi connectivity index (χ1) is 10.3. The number of aryl methyl sites for hydroxylation is 1. The Labute approximate surface area is 137 Å². The third-order valence-electron chi connectivity index (χ3n) is 3.45. The van der Waals surface area contributed by atoms with E-state index in [-0.39, 0.29) is 12.3 Å². The molecule has 5 nitrogen and oxygen atoms in total. The highest BCUT2D eigenvalue weighted by Crippen LogP contribution is 2.39. The molecule has 0 atom stereocenters. The lowest BCUT2D eigenvalue weighted by atomic mass is 10.0. The van der Waals surface area contributed by atoms with Crippen molar-refractivity contribution in [2.75, 3.05) is 11.4 Å². The van der Waals surface area contributed by atoms with Gasteiger partial charge in [-0.1, -0.05) is 21.1 Å². The summed E-state index contributed by atoms with van der Waals surface area (Å²) in [5.74, 6) is 1.39. The van der Waals surface area contributed by atoms with Crippen molar-refractivity contribution in [3.8, 4) is 5.75 Å². The Balaban J connectivity index is 1.91. The van der Waals surface area contributed by atoms with Crippen LogP contribution >= 0.6 is 15.9 Å². The third-order valence-corrected chi connectivity index (χ3v) is 3.94. The van der Waals surface area contributed by atoms with Gasteiger partial charge in [0, 0.05) is 10.5 Å². The number of amides is 1. The number of aromatic nitrogens is 1. The van der Waals surface area contributed by atoms with Crippen molar-refractivity contribution in [3.63, 3.8) is 0 Å². The molecule has 0 fully saturated rings. The minimum Gasteiger partial charge on any atom is -0.484 e. The molecule has 116 valence electrons. The predicted octanol–water partition coefficient (Wildman–Crippen LogP) is 3.49. The number of hydrogen-bond donors (Lipinski definition) is 0. The smallest absolute Gasteiger partial charge is 0.233 e. The monoisotopic (exact) mass is 364 g/mol. The van der Waals surface area contributed by atoms with Crippen molar-refractivity contribution >= 4 is 27.5 Å². The summed E-state index contributed by atoms with van der Waals surface area (Å²) >= 11 is 3.44. The number of ether oxygens (including phenoxy) is 1. The highest BCUT2D eigenvalue weighted by molar-refractivity contribution is 9.10. The minimum absolute atomic E-state index is 0.0201. The Bertz CT molecular complexity index is 724. The van der Waals surface area contributed by atoms with Crippen LogP contribution in [-0.4, -0.2) is 23.2 Å². The number of carbonyl (C=O) groups is 1. The summed E-state index contributed by atoms with van der Waals surface area (Å²) in [7, 11) is 0. The molecule has 6 heteroatoms. The molecule has 1 amide bonds. The third kappa shape index (κ3) is 3.02. The number of rotatable bonds is 2. The molecular weight excluding hydrogens is 348 g/mol. The van der Waals surface area contributed by atoms with Crippen molar-refractivity contribution < 1.29 is 14.1 Å². The molecule has 0 radical (unpaired) electrons. The highest BCUT2D eigenvalue weighted by Gasteiger charge is 2.35. The number of benzene rings is 1. The SMILES string of the molecule is Cc1cc(CC(=O)N2CC(C)(C)Oc3cc(Br)ccc32)no1. The summed E-state index contributed by atoms with van der Waals surface area (Å²) in [6.45, 7) is 6.25. The zero-order chi connectivity index (χ0) is 15.9. The maximum atomic E-state index is 12.7. The minimum atomic E-state index is -0.441. The van der Waals surface area contributed by atoms with Crippen molar-refractivity contribution in [3.05, 3.63) is 40.2 Å². The zero-order valence-corrected chi connectivity index (χ0v) is 14.3. The number of nitrogens with zero attached hydrogens (tertiary/aromatic N) is 2. The zero-order valence-electron chi connectivity index (χ0n) is 12.7. The van der Waals surface area contributed by atoms with E-state index in [2.05, 4.69) is 21.1 Å². The first-order valence-corrected chi connectivity index (χ1v) is 7.84. The van der Waals surface area contributed by atoms with Gasteiger partial charge in [0.25, 0.3) is 0 Å². The first-order valence-electron chi connectivity index (χ1n) is 7.05. The van der Waals surface area contributed by atoms with E-state index in [1.807, 2.05) is 39.0 Å². The normalized spacial score (nSPS) is 16.1. The topological polar surface area (TPSA) is 55.6 Å². The summed E-state index contributed by atoms with van der Waals surface area (Å²) < 4.78 is 11.9. The molecule has 0 N–H and O–H groups in total. The van der Waals surface area contributed by atoms with Crippen LogP contribution in [0.3, 0.4) is 0 Å². The van der Waals surface area contributed by atoms with Gasteiger partial charge in [0.2, 0.25) is 5.91 Å². The van der Waals surface area contributed by atoms with E-state index >= 15 is 0 Å². The van der Waals surface area contributed by atoms with Crippen LogP contribution in [0.25, 0.3) is 0 Å². The van der Waals surface area contributed by atoms with E-state index in [0.29, 0.717) is 23.7 Å². The second kappa shape index (κ2) is 5.43. The average Bonchev–Trinajstić information content (AvgIpc) is 2.81. The van der Waals surface area contributed by atoms with Gasteiger partial charge in [0.1, 0.15) is 17.1 Å². The summed E-state index contributed by atoms with van der Waals surface area (Å²) in [5, 5.41) is 3.90. The predicted molar refractivity (Wildman–Crippen MR) is 86.1 cm³/mol. The molecule has 0 saturated heterocycles. The lowest BCUT2D eigenvalue weighted by molar-refractivity contribution is -0.119. The van der Waals surface area contributed by atoms with E-state index in [0.717, 1.165) is 10.2 Å². The number of fused-ring (bicyclic) bond motifs is 1. The Kier molecular flexibility index (Phi) is 3.72. The standard InChI is InChI=1S/C16H17BrN2O3/c1-10-6-12(18-22-10)8-15(20)19-9-16(2,3)21-14-7-11(17)4-5-13(14)19/h4-7H,8-9H2,1-3H3. The molecule has 2 heterocycles. The largest absolute Gasteiger partial charge is 0.484 e. The van der Waals surface area contributed by atoms with Crippen LogP contribution in [0, 0.1) is 6.92 Å². The summed E-state index contributed by atoms with van der Waals surface area (Å²) in [5.41, 5.74) is 0.988. The molecule has 1 aromatic carbocycles. The number of hydrogen-bond acceptors (Lipinski definition) is 4. The van der Waals surface area contributed by atoms with Gasteiger partial charge in [0.05, 0.1) is 24.3 Å². The van der Waals surface area contributed by atoms with Crippen LogP contribution in [0.15, 0.2) is 33.3 Å². The molecule has 1 aromatic heterocycles. The summed E-state index contributed by atoms with van der Waals surface area (Å²) in [6, 6.07) is 7.46. The van der Waals surface area contributed by atoms with E-state index in [4.69, 9.17) is 9.26 Å². The average molecular weight is 365 g/mol. The molecule has 0 unspecified atom stereocenters. The quantitative estimate of drug-likeness (QED) is 0.818. The van der Waals surface area contributed by atoms with E-state index in [9.17, 15) is 4.79 Å². The van der Waals surface area contributed by atoms with Crippen LogP contribution in [0.2, 0.25) is 0 Å². The van der Waals surface area contributed by atoms with Gasteiger partial charge < -0.3 is 14.2 Å². The Hall–Kier alpha value is -1.82. The van der Waals surface area contributed by atoms with Gasteiger partial charge >= 0.3 is 0 Å². The Morgan fingerprint density at radius 3 is 2.86 bits per heavy atom. The van der Waals surface area contributed by atoms with E-state index in [1.165, 1.54) is 0 Å². The molecule has 0 aliphatic carbocycles. The van der Waals surface area contributed by atoms with Crippen LogP contribution in [-0.2, 0) is 11.2 Å². The molecule has 22 heavy (non-hydrogen) atoms. The molecule has 0 spiro atoms. The first kappa shape index (κ1) is 15.1. The van der Waals surface area contributed by atoms with Crippen molar-refractivity contribution in [2.24, 2.45) is 0 Å². The van der Waals surface area contributed by atoms with Crippen LogP contribution in [0.1, 0.15) is 25.3 Å². The fraction of sp³-hybridized carbons (Fsp3) is 0.375. The van der Waals surface area contributed by atoms with E-state index in [1.54, 1.807) is 11.0 Å². The van der Waals surface area contributed by atoms with Gasteiger partial charge in [0.15, 0.2) is 0 Å². The summed E-state index contributed by atoms with van der Waals surface area (Å²) in [4.78, 5) is 14.4. The maximum Gasteiger partial charge on any atom is 0.233 e. The second-order valence-electron chi connectivity index (χ2n) is 6.06. The molecule has 1 aliphatic rings. The molecule has 0 saturated carbocycles. The van der Waals surface area contributed by atoms with Crippen LogP contribution in [0.4, 0.5) is 5.69 Å². The fourth-order valence-electron chi connectivity index (χ4n) is 2.56. The number of anilines is 1. The maximum absolute atomic E-state index is 12.7. The second-order valence-corrected chi connectivity index (χ2v) is 6.98. The number of halogens is 1. The van der Waals surface area contributed by atoms with Gasteiger partial charge in [-0.15, -0.1) is 0 Å². The van der Waals surface area contributed by atoms with E-state index < -0.39 is 5.60 Å². The molecule has 0 bridgehead atoms. The van der Waals surface area contributed by atoms with Gasteiger partial charge in [-0.05, 0) is 39.0 Å². The molecular formula is C16H17BrN2O3. The molecule has 3 rings (SSSR count). The highest BCUT2D eigenvalue weighted by atomic mass is 79.9. The lowest BCUT2D eigenvalue weighted by Gasteiger charge is -2.39. The lowest BCUT2D eigenvalue weighted by Crippen LogP contribution is -2.49. The van der Waals surface area contributed by atoms with Gasteiger partial charge in [-0.25, -0.2) is 0 Å². The molecule has 1 aliphatic heterocycles. The fourth-order valence-corrected chi connectivity index (χ4v) is 2.90. The Morgan fingerprint density at radius 2 is 2.18 bits per heavy atom. The Morgan fingerprint density at radius 1 is 1.41 bits per heavy atom. The van der Waals surface area contributed by atoms with Crippen molar-refractivity contribution in [2.45, 2.75) is 32.8 Å². The number of carbonyl (C=O) groups excluding carboxylic acids is 1. The van der Waals surface area contributed by atoms with Crippen LogP contribution < -0.4 is 9.64 Å². The van der Waals surface area contributed by atoms with Crippen molar-refractivity contribution in [1.29, 1.82) is 0 Å². The van der Waals surface area contributed by atoms with Crippen LogP contribution in [0.5, 0.6) is 5.75 Å².